The molecule has 96 valence electrons. The summed E-state index contributed by atoms with van der Waals surface area (Å²) in [5.74, 6) is 0.234. The number of thioether (sulfide) groups is 1. The Labute approximate surface area is 115 Å². The molecule has 1 N–H and O–H groups in total. The maximum absolute atomic E-state index is 11.8. The van der Waals surface area contributed by atoms with Crippen LogP contribution in [0.4, 0.5) is 0 Å². The van der Waals surface area contributed by atoms with Crippen molar-refractivity contribution in [2.45, 2.75) is 5.37 Å². The van der Waals surface area contributed by atoms with Gasteiger partial charge in [0, 0.05) is 12.1 Å². The third-order valence-electron chi connectivity index (χ3n) is 2.72. The van der Waals surface area contributed by atoms with Crippen LogP contribution in [0.15, 0.2) is 24.3 Å². The van der Waals surface area contributed by atoms with E-state index < -0.39 is 0 Å². The van der Waals surface area contributed by atoms with Gasteiger partial charge in [-0.1, -0.05) is 23.7 Å². The Balaban J connectivity index is 2.18. The van der Waals surface area contributed by atoms with Gasteiger partial charge in [-0.05, 0) is 17.7 Å². The summed E-state index contributed by atoms with van der Waals surface area (Å²) in [5, 5.41) is 3.08. The number of carbonyl (C=O) groups is 2. The van der Waals surface area contributed by atoms with Gasteiger partial charge < -0.3 is 10.2 Å². The lowest BCUT2D eigenvalue weighted by Gasteiger charge is -2.23. The normalized spacial score (nSPS) is 19.1. The molecule has 6 heteroatoms. The summed E-state index contributed by atoms with van der Waals surface area (Å²) in [6.07, 6.45) is 0. The van der Waals surface area contributed by atoms with Gasteiger partial charge in [0.25, 0.3) is 0 Å². The molecule has 1 fully saturated rings. The molecular formula is C12H13ClN2O2S. The van der Waals surface area contributed by atoms with Gasteiger partial charge in [-0.25, -0.2) is 0 Å². The van der Waals surface area contributed by atoms with Crippen LogP contribution in [0.1, 0.15) is 10.9 Å². The molecule has 4 nitrogen and oxygen atoms in total. The van der Waals surface area contributed by atoms with Gasteiger partial charge in [-0.3, -0.25) is 9.59 Å². The summed E-state index contributed by atoms with van der Waals surface area (Å²) < 4.78 is 0. The number of nitrogens with one attached hydrogen (secondary N) is 1. The zero-order chi connectivity index (χ0) is 13.1. The van der Waals surface area contributed by atoms with E-state index >= 15 is 0 Å². The number of benzene rings is 1. The van der Waals surface area contributed by atoms with Crippen LogP contribution in [-0.2, 0) is 9.59 Å². The molecule has 1 saturated heterocycles. The van der Waals surface area contributed by atoms with Crippen LogP contribution in [0.25, 0.3) is 0 Å². The summed E-state index contributed by atoms with van der Waals surface area (Å²) in [7, 11) is 1.56. The first kappa shape index (κ1) is 13.2. The molecule has 0 radical (unpaired) electrons. The smallest absolute Gasteiger partial charge is 0.239 e. The molecule has 0 aromatic heterocycles. The predicted octanol–water partition coefficient (Wildman–Crippen LogP) is 1.66. The lowest BCUT2D eigenvalue weighted by molar-refractivity contribution is -0.133. The van der Waals surface area contributed by atoms with Crippen LogP contribution < -0.4 is 5.32 Å². The molecule has 1 aliphatic heterocycles. The number of nitrogens with zero attached hydrogens (tertiary/aromatic N) is 1. The van der Waals surface area contributed by atoms with Crippen molar-refractivity contribution in [1.82, 2.24) is 10.2 Å². The molecule has 0 aliphatic carbocycles. The van der Waals surface area contributed by atoms with Crippen molar-refractivity contribution in [3.63, 3.8) is 0 Å². The van der Waals surface area contributed by atoms with Crippen LogP contribution in [0.5, 0.6) is 0 Å². The highest BCUT2D eigenvalue weighted by Gasteiger charge is 2.33. The minimum atomic E-state index is -0.162. The predicted molar refractivity (Wildman–Crippen MR) is 72.4 cm³/mol. The summed E-state index contributed by atoms with van der Waals surface area (Å²) in [6.45, 7) is 0.0929. The van der Waals surface area contributed by atoms with Crippen LogP contribution in [-0.4, -0.2) is 36.1 Å². The van der Waals surface area contributed by atoms with Crippen molar-refractivity contribution in [3.05, 3.63) is 34.9 Å². The van der Waals surface area contributed by atoms with Crippen molar-refractivity contribution >= 4 is 35.2 Å². The third kappa shape index (κ3) is 2.79. The second-order valence-corrected chi connectivity index (χ2v) is 5.41. The molecule has 0 bridgehead atoms. The van der Waals surface area contributed by atoms with Gasteiger partial charge in [0.2, 0.25) is 11.8 Å². The van der Waals surface area contributed by atoms with Crippen molar-refractivity contribution < 1.29 is 9.59 Å². The van der Waals surface area contributed by atoms with Gasteiger partial charge in [0.1, 0.15) is 11.9 Å². The van der Waals surface area contributed by atoms with Crippen molar-refractivity contribution in [2.75, 3.05) is 19.3 Å². The second kappa shape index (κ2) is 5.63. The zero-order valence-corrected chi connectivity index (χ0v) is 11.4. The molecule has 2 rings (SSSR count). The third-order valence-corrected chi connectivity index (χ3v) is 4.22. The molecule has 1 aromatic carbocycles. The molecular weight excluding hydrogens is 272 g/mol. The van der Waals surface area contributed by atoms with Gasteiger partial charge in [-0.15, -0.1) is 11.8 Å². The Morgan fingerprint density at radius 3 is 2.78 bits per heavy atom. The Bertz CT molecular complexity index is 464. The lowest BCUT2D eigenvalue weighted by Crippen LogP contribution is -2.37. The van der Waals surface area contributed by atoms with E-state index in [1.165, 1.54) is 11.8 Å². The lowest BCUT2D eigenvalue weighted by atomic mass is 10.2. The molecule has 1 unspecified atom stereocenters. The molecule has 1 aliphatic rings. The summed E-state index contributed by atoms with van der Waals surface area (Å²) in [5.41, 5.74) is 0.985. The standard InChI is InChI=1S/C12H13ClN2O2S/c1-14-10(16)6-15-11(17)7-18-12(15)8-2-4-9(13)5-3-8/h2-5,12H,6-7H2,1H3,(H,14,16). The highest BCUT2D eigenvalue weighted by Crippen LogP contribution is 2.38. The fourth-order valence-corrected chi connectivity index (χ4v) is 3.08. The number of likely N-dealkylation sites (N-methyl/N-ethyl adjacent to an activating group) is 1. The average molecular weight is 285 g/mol. The van der Waals surface area contributed by atoms with Gasteiger partial charge in [0.15, 0.2) is 0 Å². The summed E-state index contributed by atoms with van der Waals surface area (Å²) >= 11 is 7.36. The van der Waals surface area contributed by atoms with Gasteiger partial charge in [0.05, 0.1) is 5.75 Å². The highest BCUT2D eigenvalue weighted by molar-refractivity contribution is 8.00. The second-order valence-electron chi connectivity index (χ2n) is 3.91. The quantitative estimate of drug-likeness (QED) is 0.918. The van der Waals surface area contributed by atoms with E-state index in [0.717, 1.165) is 5.56 Å². The number of amides is 2. The molecule has 18 heavy (non-hydrogen) atoms. The maximum atomic E-state index is 11.8. The van der Waals surface area contributed by atoms with E-state index in [-0.39, 0.29) is 23.7 Å². The monoisotopic (exact) mass is 284 g/mol. The zero-order valence-electron chi connectivity index (χ0n) is 9.85. The minimum absolute atomic E-state index is 0.0106. The fraction of sp³-hybridized carbons (Fsp3) is 0.333. The maximum Gasteiger partial charge on any atom is 0.239 e. The van der Waals surface area contributed by atoms with E-state index in [1.807, 2.05) is 12.1 Å². The van der Waals surface area contributed by atoms with Crippen LogP contribution in [0, 0.1) is 0 Å². The molecule has 1 atom stereocenters. The molecule has 2 amide bonds. The average Bonchev–Trinajstić information content (AvgIpc) is 2.72. The van der Waals surface area contributed by atoms with E-state index in [1.54, 1.807) is 24.1 Å². The number of hydrogen-bond donors (Lipinski definition) is 1. The van der Waals surface area contributed by atoms with Crippen LogP contribution >= 0.6 is 23.4 Å². The highest BCUT2D eigenvalue weighted by atomic mass is 35.5. The first-order valence-electron chi connectivity index (χ1n) is 5.49. The topological polar surface area (TPSA) is 49.4 Å². The molecule has 0 saturated carbocycles. The SMILES string of the molecule is CNC(=O)CN1C(=O)CSC1c1ccc(Cl)cc1. The molecule has 0 spiro atoms. The summed E-state index contributed by atoms with van der Waals surface area (Å²) in [4.78, 5) is 24.8. The Morgan fingerprint density at radius 2 is 2.17 bits per heavy atom. The first-order chi connectivity index (χ1) is 8.61. The summed E-state index contributed by atoms with van der Waals surface area (Å²) in [6, 6.07) is 7.35. The van der Waals surface area contributed by atoms with E-state index in [0.29, 0.717) is 10.8 Å². The van der Waals surface area contributed by atoms with Crippen molar-refractivity contribution in [1.29, 1.82) is 0 Å². The largest absolute Gasteiger partial charge is 0.358 e. The Morgan fingerprint density at radius 1 is 1.50 bits per heavy atom. The number of rotatable bonds is 3. The number of hydrogen-bond acceptors (Lipinski definition) is 3. The van der Waals surface area contributed by atoms with Crippen LogP contribution in [0.2, 0.25) is 5.02 Å². The Kier molecular flexibility index (Phi) is 4.14. The minimum Gasteiger partial charge on any atom is -0.358 e. The first-order valence-corrected chi connectivity index (χ1v) is 6.91. The van der Waals surface area contributed by atoms with Gasteiger partial charge in [-0.2, -0.15) is 0 Å². The van der Waals surface area contributed by atoms with Crippen molar-refractivity contribution in [3.8, 4) is 0 Å². The van der Waals surface area contributed by atoms with Gasteiger partial charge >= 0.3 is 0 Å². The number of halogens is 1. The molecule has 1 aromatic rings. The van der Waals surface area contributed by atoms with E-state index in [4.69, 9.17) is 11.6 Å². The molecule has 1 heterocycles. The fourth-order valence-electron chi connectivity index (χ4n) is 1.76. The van der Waals surface area contributed by atoms with E-state index in [2.05, 4.69) is 5.32 Å². The van der Waals surface area contributed by atoms with E-state index in [9.17, 15) is 9.59 Å². The Hall–Kier alpha value is -1.20. The van der Waals surface area contributed by atoms with Crippen molar-refractivity contribution in [2.24, 2.45) is 0 Å². The van der Waals surface area contributed by atoms with Crippen LogP contribution in [0.3, 0.4) is 0 Å². The number of carbonyl (C=O) groups excluding carboxylic acids is 2.